The van der Waals surface area contributed by atoms with Crippen LogP contribution in [0.5, 0.6) is 0 Å². The first-order valence-corrected chi connectivity index (χ1v) is 10.7. The van der Waals surface area contributed by atoms with E-state index in [9.17, 15) is 13.2 Å². The molecule has 1 unspecified atom stereocenters. The second-order valence-electron chi connectivity index (χ2n) is 7.15. The summed E-state index contributed by atoms with van der Waals surface area (Å²) < 4.78 is 33.3. The van der Waals surface area contributed by atoms with E-state index in [4.69, 9.17) is 4.42 Å². The average Bonchev–Trinajstić information content (AvgIpc) is 3.32. The molecule has 9 nitrogen and oxygen atoms in total. The van der Waals surface area contributed by atoms with Crippen LogP contribution in [0.2, 0.25) is 0 Å². The van der Waals surface area contributed by atoms with Crippen molar-refractivity contribution in [1.29, 1.82) is 0 Å². The van der Waals surface area contributed by atoms with Gasteiger partial charge in [0, 0.05) is 38.9 Å². The zero-order valence-corrected chi connectivity index (χ0v) is 16.3. The Morgan fingerprint density at radius 3 is 2.78 bits per heavy atom. The average molecular weight is 393 g/mol. The van der Waals surface area contributed by atoms with E-state index in [1.807, 2.05) is 0 Å². The first-order valence-electron chi connectivity index (χ1n) is 9.10. The molecule has 2 aliphatic heterocycles. The molecule has 4 rings (SSSR count). The standard InChI is InChI=1S/C17H23N5O4S/c1-12-15(19-16(26-12)13-9-18-20(2)10-13)17(23)21-6-3-5-14(11-21)22-7-4-8-27(22,24)25/h9-10,14H,3-8,11H2,1-2H3. The molecule has 4 heterocycles. The lowest BCUT2D eigenvalue weighted by Gasteiger charge is -2.36. The van der Waals surface area contributed by atoms with Gasteiger partial charge in [-0.05, 0) is 26.2 Å². The number of carbonyl (C=O) groups excluding carboxylic acids is 1. The molecule has 1 atom stereocenters. The first-order chi connectivity index (χ1) is 12.8. The van der Waals surface area contributed by atoms with Crippen molar-refractivity contribution in [3.63, 3.8) is 0 Å². The van der Waals surface area contributed by atoms with E-state index in [1.54, 1.807) is 40.3 Å². The molecule has 0 aliphatic carbocycles. The van der Waals surface area contributed by atoms with Crippen molar-refractivity contribution in [2.75, 3.05) is 25.4 Å². The molecular weight excluding hydrogens is 370 g/mol. The van der Waals surface area contributed by atoms with Crippen LogP contribution in [0.1, 0.15) is 35.5 Å². The van der Waals surface area contributed by atoms with E-state index in [2.05, 4.69) is 10.1 Å². The van der Waals surface area contributed by atoms with Crippen LogP contribution in [0.4, 0.5) is 0 Å². The zero-order chi connectivity index (χ0) is 19.2. The predicted octanol–water partition coefficient (Wildman–Crippen LogP) is 1.02. The molecule has 10 heteroatoms. The van der Waals surface area contributed by atoms with Gasteiger partial charge in [-0.15, -0.1) is 0 Å². The van der Waals surface area contributed by atoms with Crippen LogP contribution in [0.3, 0.4) is 0 Å². The second kappa shape index (κ2) is 6.75. The number of oxazole rings is 1. The van der Waals surface area contributed by atoms with Crippen LogP contribution in [0.25, 0.3) is 11.5 Å². The molecule has 0 saturated carbocycles. The number of piperidine rings is 1. The van der Waals surface area contributed by atoms with Gasteiger partial charge in [0.05, 0.1) is 17.5 Å². The first kappa shape index (κ1) is 18.2. The van der Waals surface area contributed by atoms with Gasteiger partial charge in [0.15, 0.2) is 5.69 Å². The third-order valence-electron chi connectivity index (χ3n) is 5.18. The van der Waals surface area contributed by atoms with Gasteiger partial charge in [0.1, 0.15) is 5.76 Å². The van der Waals surface area contributed by atoms with Gasteiger partial charge in [-0.2, -0.15) is 9.40 Å². The van der Waals surface area contributed by atoms with Gasteiger partial charge in [-0.25, -0.2) is 13.4 Å². The molecule has 1 amide bonds. The van der Waals surface area contributed by atoms with E-state index in [0.717, 1.165) is 12.8 Å². The summed E-state index contributed by atoms with van der Waals surface area (Å²) in [4.78, 5) is 19.1. The lowest BCUT2D eigenvalue weighted by molar-refractivity contribution is 0.0651. The van der Waals surface area contributed by atoms with Crippen LogP contribution in [0.15, 0.2) is 16.8 Å². The van der Waals surface area contributed by atoms with Gasteiger partial charge in [-0.1, -0.05) is 0 Å². The van der Waals surface area contributed by atoms with Crippen LogP contribution >= 0.6 is 0 Å². The monoisotopic (exact) mass is 393 g/mol. The fourth-order valence-electron chi connectivity index (χ4n) is 3.84. The van der Waals surface area contributed by atoms with Crippen molar-refractivity contribution in [2.45, 2.75) is 32.2 Å². The van der Waals surface area contributed by atoms with Gasteiger partial charge in [0.25, 0.3) is 5.91 Å². The Morgan fingerprint density at radius 2 is 2.11 bits per heavy atom. The van der Waals surface area contributed by atoms with Gasteiger partial charge < -0.3 is 9.32 Å². The van der Waals surface area contributed by atoms with Crippen molar-refractivity contribution >= 4 is 15.9 Å². The molecule has 2 aliphatic rings. The maximum atomic E-state index is 13.0. The van der Waals surface area contributed by atoms with Gasteiger partial charge in [-0.3, -0.25) is 9.48 Å². The third-order valence-corrected chi connectivity index (χ3v) is 7.18. The summed E-state index contributed by atoms with van der Waals surface area (Å²) in [7, 11) is -1.39. The molecule has 0 radical (unpaired) electrons. The number of hydrogen-bond donors (Lipinski definition) is 0. The summed E-state index contributed by atoms with van der Waals surface area (Å²) in [6, 6.07) is -0.153. The molecule has 2 aromatic heterocycles. The quantitative estimate of drug-likeness (QED) is 0.772. The number of amides is 1. The Bertz CT molecular complexity index is 964. The maximum absolute atomic E-state index is 13.0. The molecule has 2 aromatic rings. The topological polar surface area (TPSA) is 102 Å². The van der Waals surface area contributed by atoms with Crippen molar-refractivity contribution in [2.24, 2.45) is 7.05 Å². The Balaban J connectivity index is 1.53. The highest BCUT2D eigenvalue weighted by Crippen LogP contribution is 2.26. The summed E-state index contributed by atoms with van der Waals surface area (Å²) in [5, 5.41) is 4.09. The van der Waals surface area contributed by atoms with Crippen molar-refractivity contribution in [1.82, 2.24) is 24.0 Å². The summed E-state index contributed by atoms with van der Waals surface area (Å²) in [6.07, 6.45) is 5.61. The van der Waals surface area contributed by atoms with Gasteiger partial charge in [0.2, 0.25) is 15.9 Å². The number of sulfonamides is 1. The molecule has 27 heavy (non-hydrogen) atoms. The smallest absolute Gasteiger partial charge is 0.276 e. The Labute approximate surface area is 158 Å². The van der Waals surface area contributed by atoms with Crippen molar-refractivity contribution in [3.8, 4) is 11.5 Å². The minimum absolute atomic E-state index is 0.153. The Morgan fingerprint density at radius 1 is 1.30 bits per heavy atom. The number of hydrogen-bond acceptors (Lipinski definition) is 6. The Hall–Kier alpha value is -2.20. The van der Waals surface area contributed by atoms with E-state index in [1.165, 1.54) is 0 Å². The van der Waals surface area contributed by atoms with E-state index in [0.29, 0.717) is 43.3 Å². The second-order valence-corrected chi connectivity index (χ2v) is 9.20. The summed E-state index contributed by atoms with van der Waals surface area (Å²) in [5.41, 5.74) is 0.984. The lowest BCUT2D eigenvalue weighted by Crippen LogP contribution is -2.50. The highest BCUT2D eigenvalue weighted by atomic mass is 32.2. The molecule has 0 aromatic carbocycles. The fourth-order valence-corrected chi connectivity index (χ4v) is 5.60. The largest absolute Gasteiger partial charge is 0.440 e. The minimum Gasteiger partial charge on any atom is -0.440 e. The highest BCUT2D eigenvalue weighted by Gasteiger charge is 2.38. The maximum Gasteiger partial charge on any atom is 0.276 e. The summed E-state index contributed by atoms with van der Waals surface area (Å²) >= 11 is 0. The van der Waals surface area contributed by atoms with E-state index in [-0.39, 0.29) is 23.4 Å². The SMILES string of the molecule is Cc1oc(-c2cnn(C)c2)nc1C(=O)N1CCCC(N2CCCS2(=O)=O)C1. The van der Waals surface area contributed by atoms with Crippen molar-refractivity contribution < 1.29 is 17.6 Å². The molecule has 146 valence electrons. The third kappa shape index (κ3) is 3.39. The zero-order valence-electron chi connectivity index (χ0n) is 15.5. The van der Waals surface area contributed by atoms with Crippen LogP contribution < -0.4 is 0 Å². The molecule has 0 spiro atoms. The number of likely N-dealkylation sites (tertiary alicyclic amines) is 1. The molecule has 2 fully saturated rings. The Kier molecular flexibility index (Phi) is 4.55. The van der Waals surface area contributed by atoms with E-state index < -0.39 is 10.0 Å². The van der Waals surface area contributed by atoms with E-state index >= 15 is 0 Å². The fraction of sp³-hybridized carbons (Fsp3) is 0.588. The number of aryl methyl sites for hydroxylation is 2. The van der Waals surface area contributed by atoms with Crippen LogP contribution in [-0.2, 0) is 17.1 Å². The number of rotatable bonds is 3. The number of carbonyl (C=O) groups is 1. The van der Waals surface area contributed by atoms with Crippen LogP contribution in [0, 0.1) is 6.92 Å². The molecular formula is C17H23N5O4S. The summed E-state index contributed by atoms with van der Waals surface area (Å²) in [6.45, 7) is 3.25. The predicted molar refractivity (Wildman–Crippen MR) is 97.5 cm³/mol. The van der Waals surface area contributed by atoms with Crippen LogP contribution in [-0.4, -0.2) is 69.7 Å². The number of nitrogens with zero attached hydrogens (tertiary/aromatic N) is 5. The molecule has 0 N–H and O–H groups in total. The normalized spacial score (nSPS) is 23.0. The summed E-state index contributed by atoms with van der Waals surface area (Å²) in [5.74, 6) is 0.802. The molecule has 2 saturated heterocycles. The number of aromatic nitrogens is 3. The minimum atomic E-state index is -3.19. The lowest BCUT2D eigenvalue weighted by atomic mass is 10.0. The molecule has 0 bridgehead atoms. The highest BCUT2D eigenvalue weighted by molar-refractivity contribution is 7.89. The van der Waals surface area contributed by atoms with Gasteiger partial charge >= 0.3 is 0 Å². The van der Waals surface area contributed by atoms with Crippen molar-refractivity contribution in [3.05, 3.63) is 23.8 Å².